The van der Waals surface area contributed by atoms with E-state index in [2.05, 4.69) is 4.98 Å². The van der Waals surface area contributed by atoms with E-state index in [4.69, 9.17) is 5.73 Å². The number of benzene rings is 1. The molecule has 2 aromatic rings. The number of hydrogen-bond acceptors (Lipinski definition) is 3. The molecule has 1 atom stereocenters. The molecule has 1 aromatic carbocycles. The van der Waals surface area contributed by atoms with Crippen LogP contribution in [0, 0.1) is 5.82 Å². The summed E-state index contributed by atoms with van der Waals surface area (Å²) < 4.78 is 12.7. The van der Waals surface area contributed by atoms with E-state index < -0.39 is 0 Å². The molecule has 0 aliphatic carbocycles. The molecule has 1 unspecified atom stereocenters. The summed E-state index contributed by atoms with van der Waals surface area (Å²) in [6, 6.07) is 6.37. The summed E-state index contributed by atoms with van der Waals surface area (Å²) in [5.74, 6) is -0.217. The standard InChI is InChI=1S/C11H11FN2S/c12-9-3-1-8(2-4-9)5-10(13)11-6-14-7-15-11/h1-4,6-7,10H,5,13H2. The first-order chi connectivity index (χ1) is 7.25. The number of rotatable bonds is 3. The molecule has 1 heterocycles. The molecular weight excluding hydrogens is 211 g/mol. The monoisotopic (exact) mass is 222 g/mol. The number of hydrogen-bond donors (Lipinski definition) is 1. The first-order valence-electron chi connectivity index (χ1n) is 4.64. The first-order valence-corrected chi connectivity index (χ1v) is 5.52. The normalized spacial score (nSPS) is 12.7. The van der Waals surface area contributed by atoms with Gasteiger partial charge in [0.05, 0.1) is 5.51 Å². The Bertz CT molecular complexity index is 411. The summed E-state index contributed by atoms with van der Waals surface area (Å²) in [7, 11) is 0. The Hall–Kier alpha value is -1.26. The summed E-state index contributed by atoms with van der Waals surface area (Å²) in [4.78, 5) is 5.03. The molecule has 0 amide bonds. The molecule has 0 spiro atoms. The van der Waals surface area contributed by atoms with Crippen LogP contribution in [0.1, 0.15) is 16.5 Å². The van der Waals surface area contributed by atoms with E-state index >= 15 is 0 Å². The van der Waals surface area contributed by atoms with Crippen LogP contribution in [0.15, 0.2) is 36.0 Å². The van der Waals surface area contributed by atoms with E-state index in [-0.39, 0.29) is 11.9 Å². The fourth-order valence-corrected chi connectivity index (χ4v) is 2.01. The van der Waals surface area contributed by atoms with Gasteiger partial charge >= 0.3 is 0 Å². The zero-order valence-electron chi connectivity index (χ0n) is 8.06. The fourth-order valence-electron chi connectivity index (χ4n) is 1.38. The van der Waals surface area contributed by atoms with Gasteiger partial charge in [0.2, 0.25) is 0 Å². The van der Waals surface area contributed by atoms with Crippen LogP contribution in [0.4, 0.5) is 4.39 Å². The highest BCUT2D eigenvalue weighted by molar-refractivity contribution is 7.09. The third-order valence-corrected chi connectivity index (χ3v) is 3.09. The van der Waals surface area contributed by atoms with E-state index in [1.807, 2.05) is 0 Å². The van der Waals surface area contributed by atoms with Gasteiger partial charge in [0.25, 0.3) is 0 Å². The van der Waals surface area contributed by atoms with E-state index in [1.165, 1.54) is 12.1 Å². The maximum atomic E-state index is 12.7. The summed E-state index contributed by atoms with van der Waals surface area (Å²) >= 11 is 1.54. The molecule has 4 heteroatoms. The zero-order chi connectivity index (χ0) is 10.7. The summed E-state index contributed by atoms with van der Waals surface area (Å²) in [5, 5.41) is 0. The lowest BCUT2D eigenvalue weighted by Crippen LogP contribution is -2.11. The lowest BCUT2D eigenvalue weighted by molar-refractivity contribution is 0.626. The molecule has 2 rings (SSSR count). The largest absolute Gasteiger partial charge is 0.323 e. The smallest absolute Gasteiger partial charge is 0.123 e. The van der Waals surface area contributed by atoms with Crippen LogP contribution in [-0.2, 0) is 6.42 Å². The average molecular weight is 222 g/mol. The van der Waals surface area contributed by atoms with Crippen LogP contribution < -0.4 is 5.73 Å². The Kier molecular flexibility index (Phi) is 3.08. The van der Waals surface area contributed by atoms with Crippen molar-refractivity contribution in [2.24, 2.45) is 5.73 Å². The van der Waals surface area contributed by atoms with Crippen molar-refractivity contribution in [3.8, 4) is 0 Å². The summed E-state index contributed by atoms with van der Waals surface area (Å²) in [6.07, 6.45) is 2.49. The number of halogens is 1. The molecule has 0 saturated carbocycles. The average Bonchev–Trinajstić information content (AvgIpc) is 2.74. The van der Waals surface area contributed by atoms with Crippen LogP contribution in [0.25, 0.3) is 0 Å². The van der Waals surface area contributed by atoms with Crippen molar-refractivity contribution in [1.82, 2.24) is 4.98 Å². The minimum Gasteiger partial charge on any atom is -0.323 e. The van der Waals surface area contributed by atoms with Gasteiger partial charge in [-0.1, -0.05) is 12.1 Å². The van der Waals surface area contributed by atoms with E-state index in [1.54, 1.807) is 35.2 Å². The Balaban J connectivity index is 2.06. The van der Waals surface area contributed by atoms with Gasteiger partial charge in [-0.2, -0.15) is 0 Å². The lowest BCUT2D eigenvalue weighted by Gasteiger charge is -2.08. The third kappa shape index (κ3) is 2.61. The number of nitrogens with zero attached hydrogens (tertiary/aromatic N) is 1. The highest BCUT2D eigenvalue weighted by Crippen LogP contribution is 2.19. The van der Waals surface area contributed by atoms with Gasteiger partial charge in [-0.3, -0.25) is 4.98 Å². The molecule has 0 fully saturated rings. The van der Waals surface area contributed by atoms with Crippen molar-refractivity contribution < 1.29 is 4.39 Å². The maximum absolute atomic E-state index is 12.7. The van der Waals surface area contributed by atoms with Gasteiger partial charge in [-0.15, -0.1) is 11.3 Å². The number of nitrogens with two attached hydrogens (primary N) is 1. The molecule has 0 aliphatic heterocycles. The highest BCUT2D eigenvalue weighted by Gasteiger charge is 2.08. The van der Waals surface area contributed by atoms with Crippen LogP contribution in [-0.4, -0.2) is 4.98 Å². The van der Waals surface area contributed by atoms with E-state index in [0.717, 1.165) is 10.4 Å². The minimum atomic E-state index is -0.217. The summed E-state index contributed by atoms with van der Waals surface area (Å²) in [6.45, 7) is 0. The molecule has 0 saturated heterocycles. The van der Waals surface area contributed by atoms with Crippen LogP contribution in [0.3, 0.4) is 0 Å². The maximum Gasteiger partial charge on any atom is 0.123 e. The fraction of sp³-hybridized carbons (Fsp3) is 0.182. The van der Waals surface area contributed by atoms with Gasteiger partial charge in [-0.05, 0) is 24.1 Å². The molecule has 2 N–H and O–H groups in total. The van der Waals surface area contributed by atoms with Gasteiger partial charge in [-0.25, -0.2) is 4.39 Å². The Morgan fingerprint density at radius 3 is 2.67 bits per heavy atom. The molecule has 78 valence electrons. The van der Waals surface area contributed by atoms with Gasteiger partial charge < -0.3 is 5.73 Å². The highest BCUT2D eigenvalue weighted by atomic mass is 32.1. The molecule has 0 radical (unpaired) electrons. The number of aromatic nitrogens is 1. The molecule has 0 aliphatic rings. The molecule has 0 bridgehead atoms. The lowest BCUT2D eigenvalue weighted by atomic mass is 10.1. The van der Waals surface area contributed by atoms with Crippen molar-refractivity contribution in [1.29, 1.82) is 0 Å². The first kappa shape index (κ1) is 10.3. The molecule has 1 aromatic heterocycles. The second-order valence-corrected chi connectivity index (χ2v) is 4.26. The van der Waals surface area contributed by atoms with Gasteiger partial charge in [0.1, 0.15) is 5.82 Å². The molecular formula is C11H11FN2S. The van der Waals surface area contributed by atoms with Crippen LogP contribution in [0.5, 0.6) is 0 Å². The number of thiazole rings is 1. The molecule has 2 nitrogen and oxygen atoms in total. The Morgan fingerprint density at radius 1 is 1.33 bits per heavy atom. The van der Waals surface area contributed by atoms with Gasteiger partial charge in [0, 0.05) is 17.1 Å². The van der Waals surface area contributed by atoms with E-state index in [9.17, 15) is 4.39 Å². The Morgan fingerprint density at radius 2 is 2.07 bits per heavy atom. The van der Waals surface area contributed by atoms with Crippen molar-refractivity contribution in [2.75, 3.05) is 0 Å². The molecule has 15 heavy (non-hydrogen) atoms. The second-order valence-electron chi connectivity index (χ2n) is 3.34. The van der Waals surface area contributed by atoms with Crippen LogP contribution in [0.2, 0.25) is 0 Å². The predicted molar refractivity (Wildman–Crippen MR) is 59.1 cm³/mol. The van der Waals surface area contributed by atoms with Gasteiger partial charge in [0.15, 0.2) is 0 Å². The van der Waals surface area contributed by atoms with Crippen molar-refractivity contribution >= 4 is 11.3 Å². The Labute approximate surface area is 91.6 Å². The van der Waals surface area contributed by atoms with Crippen molar-refractivity contribution in [2.45, 2.75) is 12.5 Å². The summed E-state index contributed by atoms with van der Waals surface area (Å²) in [5.41, 5.74) is 8.79. The zero-order valence-corrected chi connectivity index (χ0v) is 8.88. The minimum absolute atomic E-state index is 0.0528. The SMILES string of the molecule is NC(Cc1ccc(F)cc1)c1cncs1. The topological polar surface area (TPSA) is 38.9 Å². The second kappa shape index (κ2) is 4.51. The van der Waals surface area contributed by atoms with Crippen molar-refractivity contribution in [3.63, 3.8) is 0 Å². The third-order valence-electron chi connectivity index (χ3n) is 2.19. The quantitative estimate of drug-likeness (QED) is 0.866. The van der Waals surface area contributed by atoms with E-state index in [0.29, 0.717) is 6.42 Å². The van der Waals surface area contributed by atoms with Crippen molar-refractivity contribution in [3.05, 3.63) is 52.2 Å². The predicted octanol–water partition coefficient (Wildman–Crippen LogP) is 2.52. The van der Waals surface area contributed by atoms with Crippen LogP contribution >= 0.6 is 11.3 Å².